The van der Waals surface area contributed by atoms with Crippen molar-refractivity contribution < 1.29 is 4.39 Å². The summed E-state index contributed by atoms with van der Waals surface area (Å²) in [6.45, 7) is 4.74. The van der Waals surface area contributed by atoms with Gasteiger partial charge < -0.3 is 10.6 Å². The molecule has 2 N–H and O–H groups in total. The van der Waals surface area contributed by atoms with E-state index in [0.29, 0.717) is 12.5 Å². The van der Waals surface area contributed by atoms with Crippen molar-refractivity contribution in [2.24, 2.45) is 11.7 Å². The smallest absolute Gasteiger partial charge is 0.146 e. The van der Waals surface area contributed by atoms with E-state index in [2.05, 4.69) is 11.8 Å². The van der Waals surface area contributed by atoms with Crippen LogP contribution in [0.3, 0.4) is 0 Å². The number of para-hydroxylation sites is 1. The molecule has 100 valence electrons. The van der Waals surface area contributed by atoms with Crippen molar-refractivity contribution in [3.63, 3.8) is 0 Å². The van der Waals surface area contributed by atoms with Crippen molar-refractivity contribution in [1.29, 1.82) is 0 Å². The summed E-state index contributed by atoms with van der Waals surface area (Å²) in [6.07, 6.45) is 4.36. The summed E-state index contributed by atoms with van der Waals surface area (Å²) in [5.74, 6) is 0.599. The second-order valence-corrected chi connectivity index (χ2v) is 5.15. The van der Waals surface area contributed by atoms with Crippen molar-refractivity contribution in [2.45, 2.75) is 32.6 Å². The lowest BCUT2D eigenvalue weighted by molar-refractivity contribution is 0.401. The van der Waals surface area contributed by atoms with Gasteiger partial charge >= 0.3 is 0 Å². The number of halogens is 1. The molecule has 0 aromatic heterocycles. The van der Waals surface area contributed by atoms with Crippen LogP contribution in [0, 0.1) is 11.7 Å². The third kappa shape index (κ3) is 2.83. The molecule has 0 bridgehead atoms. The van der Waals surface area contributed by atoms with Gasteiger partial charge in [0.2, 0.25) is 0 Å². The first kappa shape index (κ1) is 13.3. The van der Waals surface area contributed by atoms with Gasteiger partial charge in [0.15, 0.2) is 0 Å². The summed E-state index contributed by atoms with van der Waals surface area (Å²) < 4.78 is 14.1. The van der Waals surface area contributed by atoms with Gasteiger partial charge in [-0.2, -0.15) is 0 Å². The molecule has 1 fully saturated rings. The van der Waals surface area contributed by atoms with Gasteiger partial charge in [0, 0.05) is 13.1 Å². The van der Waals surface area contributed by atoms with Crippen LogP contribution in [0.1, 0.15) is 31.7 Å². The summed E-state index contributed by atoms with van der Waals surface area (Å²) in [5.41, 5.74) is 7.46. The maximum Gasteiger partial charge on any atom is 0.146 e. The summed E-state index contributed by atoms with van der Waals surface area (Å²) in [7, 11) is 0. The first-order chi connectivity index (χ1) is 8.76. The van der Waals surface area contributed by atoms with E-state index in [9.17, 15) is 4.39 Å². The monoisotopic (exact) mass is 250 g/mol. The van der Waals surface area contributed by atoms with Crippen molar-refractivity contribution in [1.82, 2.24) is 0 Å². The number of hydrogen-bond donors (Lipinski definition) is 1. The molecule has 0 saturated carbocycles. The van der Waals surface area contributed by atoms with Crippen molar-refractivity contribution in [2.75, 3.05) is 24.5 Å². The quantitative estimate of drug-likeness (QED) is 0.890. The Morgan fingerprint density at radius 2 is 2.28 bits per heavy atom. The second-order valence-electron chi connectivity index (χ2n) is 5.15. The first-order valence-electron chi connectivity index (χ1n) is 6.98. The topological polar surface area (TPSA) is 29.3 Å². The fraction of sp³-hybridized carbons (Fsp3) is 0.600. The molecular formula is C15H23FN2. The number of rotatable bonds is 4. The number of nitrogens with zero attached hydrogens (tertiary/aromatic N) is 1. The van der Waals surface area contributed by atoms with Crippen LogP contribution in [0.5, 0.6) is 0 Å². The van der Waals surface area contributed by atoms with Crippen LogP contribution in [0.15, 0.2) is 18.2 Å². The highest BCUT2D eigenvalue weighted by Gasteiger charge is 2.22. The summed E-state index contributed by atoms with van der Waals surface area (Å²) in [6, 6.07) is 5.34. The van der Waals surface area contributed by atoms with E-state index in [-0.39, 0.29) is 5.82 Å². The molecule has 1 atom stereocenters. The van der Waals surface area contributed by atoms with E-state index in [0.717, 1.165) is 37.2 Å². The van der Waals surface area contributed by atoms with E-state index in [1.807, 2.05) is 6.07 Å². The van der Waals surface area contributed by atoms with Crippen LogP contribution in [0.4, 0.5) is 10.1 Å². The van der Waals surface area contributed by atoms with E-state index < -0.39 is 0 Å². The summed E-state index contributed by atoms with van der Waals surface area (Å²) in [4.78, 5) is 2.22. The van der Waals surface area contributed by atoms with Crippen molar-refractivity contribution in [3.05, 3.63) is 29.6 Å². The number of nitrogens with two attached hydrogens (primary N) is 1. The molecule has 1 aliphatic heterocycles. The van der Waals surface area contributed by atoms with E-state index in [4.69, 9.17) is 5.73 Å². The molecule has 1 aromatic carbocycles. The predicted octanol–water partition coefficient (Wildman–Crippen LogP) is 2.95. The van der Waals surface area contributed by atoms with Gasteiger partial charge in [0.25, 0.3) is 0 Å². The third-order valence-corrected chi connectivity index (χ3v) is 3.90. The Hall–Kier alpha value is -1.09. The number of hydrogen-bond acceptors (Lipinski definition) is 2. The molecule has 2 rings (SSSR count). The zero-order chi connectivity index (χ0) is 13.0. The standard InChI is InChI=1S/C15H23FN2/c1-2-12-5-4-10-18(11-12)15-13(8-9-17)6-3-7-14(15)16/h3,6-7,12H,2,4-5,8-11,17H2,1H3. The molecule has 1 heterocycles. The van der Waals surface area contributed by atoms with Gasteiger partial charge in [0.1, 0.15) is 5.82 Å². The molecule has 1 unspecified atom stereocenters. The Balaban J connectivity index is 2.25. The predicted molar refractivity (Wildman–Crippen MR) is 74.4 cm³/mol. The van der Waals surface area contributed by atoms with E-state index in [1.165, 1.54) is 12.8 Å². The van der Waals surface area contributed by atoms with Crippen LogP contribution >= 0.6 is 0 Å². The average molecular weight is 250 g/mol. The lowest BCUT2D eigenvalue weighted by Crippen LogP contribution is -2.36. The fourth-order valence-corrected chi connectivity index (χ4v) is 2.87. The highest BCUT2D eigenvalue weighted by molar-refractivity contribution is 5.55. The molecule has 18 heavy (non-hydrogen) atoms. The minimum absolute atomic E-state index is 0.0993. The van der Waals surface area contributed by atoms with Crippen LogP contribution in [0.2, 0.25) is 0 Å². The second kappa shape index (κ2) is 6.19. The fourth-order valence-electron chi connectivity index (χ4n) is 2.87. The zero-order valence-electron chi connectivity index (χ0n) is 11.2. The Bertz CT molecular complexity index is 392. The maximum atomic E-state index is 14.1. The van der Waals surface area contributed by atoms with Crippen molar-refractivity contribution in [3.8, 4) is 0 Å². The maximum absolute atomic E-state index is 14.1. The van der Waals surface area contributed by atoms with E-state index >= 15 is 0 Å². The van der Waals surface area contributed by atoms with Gasteiger partial charge in [-0.05, 0) is 43.4 Å². The lowest BCUT2D eigenvalue weighted by Gasteiger charge is -2.35. The Labute approximate surface area is 109 Å². The van der Waals surface area contributed by atoms with Gasteiger partial charge in [-0.1, -0.05) is 25.5 Å². The highest BCUT2D eigenvalue weighted by atomic mass is 19.1. The first-order valence-corrected chi connectivity index (χ1v) is 6.98. The minimum Gasteiger partial charge on any atom is -0.369 e. The molecule has 0 radical (unpaired) electrons. The molecule has 2 nitrogen and oxygen atoms in total. The number of piperidine rings is 1. The Morgan fingerprint density at radius 3 is 3.00 bits per heavy atom. The number of benzene rings is 1. The zero-order valence-corrected chi connectivity index (χ0v) is 11.2. The van der Waals surface area contributed by atoms with Gasteiger partial charge in [-0.15, -0.1) is 0 Å². The lowest BCUT2D eigenvalue weighted by atomic mass is 9.94. The molecular weight excluding hydrogens is 227 g/mol. The molecule has 3 heteroatoms. The molecule has 1 aromatic rings. The van der Waals surface area contributed by atoms with Crippen LogP contribution in [-0.2, 0) is 6.42 Å². The van der Waals surface area contributed by atoms with E-state index in [1.54, 1.807) is 12.1 Å². The Morgan fingerprint density at radius 1 is 1.44 bits per heavy atom. The van der Waals surface area contributed by atoms with Crippen LogP contribution in [-0.4, -0.2) is 19.6 Å². The number of anilines is 1. The van der Waals surface area contributed by atoms with Gasteiger partial charge in [0.05, 0.1) is 5.69 Å². The SMILES string of the molecule is CCC1CCCN(c2c(F)cccc2CCN)C1. The largest absolute Gasteiger partial charge is 0.369 e. The summed E-state index contributed by atoms with van der Waals surface area (Å²) >= 11 is 0. The summed E-state index contributed by atoms with van der Waals surface area (Å²) in [5, 5.41) is 0. The normalized spacial score (nSPS) is 20.2. The molecule has 0 spiro atoms. The van der Waals surface area contributed by atoms with Gasteiger partial charge in [-0.3, -0.25) is 0 Å². The van der Waals surface area contributed by atoms with Gasteiger partial charge in [-0.25, -0.2) is 4.39 Å². The molecule has 1 aliphatic rings. The molecule has 0 amide bonds. The van der Waals surface area contributed by atoms with Crippen LogP contribution < -0.4 is 10.6 Å². The molecule has 0 aliphatic carbocycles. The molecule has 1 saturated heterocycles. The Kier molecular flexibility index (Phi) is 4.59. The highest BCUT2D eigenvalue weighted by Crippen LogP contribution is 2.30. The average Bonchev–Trinajstić information content (AvgIpc) is 2.39. The van der Waals surface area contributed by atoms with Crippen molar-refractivity contribution >= 4 is 5.69 Å². The van der Waals surface area contributed by atoms with Crippen LogP contribution in [0.25, 0.3) is 0 Å². The minimum atomic E-state index is -0.0993. The third-order valence-electron chi connectivity index (χ3n) is 3.90.